The molecule has 7 heteroatoms. The van der Waals surface area contributed by atoms with Gasteiger partial charge in [0.25, 0.3) is 0 Å². The molecular formula is C19H20ClN3O2S. The highest BCUT2D eigenvalue weighted by Gasteiger charge is 2.25. The standard InChI is InChI=1S/C19H20ClN3O2S/c20-14-5-3-7-16(11-14)26(24,25)18-13-23(12-15-6-1-2-9-21-15)19-17(18)8-4-10-22-19/h3-5,7-8,10-11,13,15,21H,1-2,6,9,12H2. The summed E-state index contributed by atoms with van der Waals surface area (Å²) in [4.78, 5) is 4.91. The molecule has 5 nitrogen and oxygen atoms in total. The van der Waals surface area contributed by atoms with Gasteiger partial charge in [-0.15, -0.1) is 0 Å². The number of rotatable bonds is 4. The second-order valence-corrected chi connectivity index (χ2v) is 8.98. The minimum atomic E-state index is -3.67. The zero-order valence-electron chi connectivity index (χ0n) is 14.2. The van der Waals surface area contributed by atoms with Crippen molar-refractivity contribution in [1.29, 1.82) is 0 Å². The minimum Gasteiger partial charge on any atom is -0.330 e. The number of nitrogens with one attached hydrogen (secondary N) is 1. The van der Waals surface area contributed by atoms with E-state index in [-0.39, 0.29) is 9.79 Å². The van der Waals surface area contributed by atoms with Gasteiger partial charge in [0.1, 0.15) is 5.65 Å². The van der Waals surface area contributed by atoms with E-state index < -0.39 is 9.84 Å². The van der Waals surface area contributed by atoms with Crippen LogP contribution in [0.25, 0.3) is 11.0 Å². The van der Waals surface area contributed by atoms with Gasteiger partial charge in [-0.25, -0.2) is 13.4 Å². The smallest absolute Gasteiger partial charge is 0.208 e. The molecule has 0 saturated carbocycles. The lowest BCUT2D eigenvalue weighted by molar-refractivity contribution is 0.365. The third kappa shape index (κ3) is 3.24. The number of sulfone groups is 1. The van der Waals surface area contributed by atoms with Gasteiger partial charge < -0.3 is 9.88 Å². The molecule has 0 amide bonds. The maximum Gasteiger partial charge on any atom is 0.208 e. The topological polar surface area (TPSA) is 64.0 Å². The van der Waals surface area contributed by atoms with Crippen molar-refractivity contribution >= 4 is 32.5 Å². The number of aromatic nitrogens is 2. The van der Waals surface area contributed by atoms with Crippen LogP contribution in [-0.2, 0) is 16.4 Å². The van der Waals surface area contributed by atoms with E-state index in [1.54, 1.807) is 36.7 Å². The number of pyridine rings is 1. The average molecular weight is 390 g/mol. The van der Waals surface area contributed by atoms with Crippen molar-refractivity contribution in [3.05, 3.63) is 53.8 Å². The van der Waals surface area contributed by atoms with Crippen LogP contribution in [0.5, 0.6) is 0 Å². The maximum absolute atomic E-state index is 13.2. The molecule has 2 aromatic heterocycles. The van der Waals surface area contributed by atoms with Crippen molar-refractivity contribution < 1.29 is 8.42 Å². The third-order valence-corrected chi connectivity index (χ3v) is 6.84. The van der Waals surface area contributed by atoms with Gasteiger partial charge in [0, 0.05) is 35.4 Å². The average Bonchev–Trinajstić information content (AvgIpc) is 3.02. The number of piperidine rings is 1. The van der Waals surface area contributed by atoms with Gasteiger partial charge in [-0.2, -0.15) is 0 Å². The van der Waals surface area contributed by atoms with Crippen LogP contribution in [0.4, 0.5) is 0 Å². The van der Waals surface area contributed by atoms with Gasteiger partial charge in [0.15, 0.2) is 0 Å². The molecule has 1 aromatic carbocycles. The number of nitrogens with zero attached hydrogens (tertiary/aromatic N) is 2. The second-order valence-electron chi connectivity index (χ2n) is 6.63. The second kappa shape index (κ2) is 7.02. The number of benzene rings is 1. The molecule has 3 heterocycles. The van der Waals surface area contributed by atoms with Crippen molar-refractivity contribution in [2.45, 2.75) is 41.6 Å². The molecule has 1 unspecified atom stereocenters. The fraction of sp³-hybridized carbons (Fsp3) is 0.316. The molecule has 3 aromatic rings. The summed E-state index contributed by atoms with van der Waals surface area (Å²) < 4.78 is 28.3. The number of hydrogen-bond donors (Lipinski definition) is 1. The van der Waals surface area contributed by atoms with Crippen LogP contribution in [0.15, 0.2) is 58.6 Å². The van der Waals surface area contributed by atoms with Gasteiger partial charge in [-0.3, -0.25) is 0 Å². The minimum absolute atomic E-state index is 0.198. The number of fused-ring (bicyclic) bond motifs is 1. The summed E-state index contributed by atoms with van der Waals surface area (Å²) in [7, 11) is -3.67. The molecule has 0 spiro atoms. The lowest BCUT2D eigenvalue weighted by atomic mass is 10.1. The summed E-state index contributed by atoms with van der Waals surface area (Å²) in [6.45, 7) is 1.71. The Labute approximate surface area is 157 Å². The van der Waals surface area contributed by atoms with E-state index in [0.29, 0.717) is 28.6 Å². The van der Waals surface area contributed by atoms with Gasteiger partial charge >= 0.3 is 0 Å². The first-order valence-corrected chi connectivity index (χ1v) is 10.6. The Morgan fingerprint density at radius 3 is 2.88 bits per heavy atom. The predicted molar refractivity (Wildman–Crippen MR) is 102 cm³/mol. The number of halogens is 1. The van der Waals surface area contributed by atoms with Crippen molar-refractivity contribution in [3.8, 4) is 0 Å². The van der Waals surface area contributed by atoms with Crippen molar-refractivity contribution in [3.63, 3.8) is 0 Å². The van der Waals surface area contributed by atoms with Crippen LogP contribution in [0.1, 0.15) is 19.3 Å². The Bertz CT molecular complexity index is 1040. The molecule has 1 saturated heterocycles. The van der Waals surface area contributed by atoms with Gasteiger partial charge in [0.05, 0.1) is 9.79 Å². The highest BCUT2D eigenvalue weighted by Crippen LogP contribution is 2.30. The third-order valence-electron chi connectivity index (χ3n) is 4.82. The molecule has 4 rings (SSSR count). The van der Waals surface area contributed by atoms with Gasteiger partial charge in [-0.1, -0.05) is 24.1 Å². The highest BCUT2D eigenvalue weighted by atomic mass is 35.5. The van der Waals surface area contributed by atoms with Crippen molar-refractivity contribution in [2.75, 3.05) is 6.54 Å². The molecule has 1 aliphatic heterocycles. The van der Waals surface area contributed by atoms with Crippen molar-refractivity contribution in [2.24, 2.45) is 0 Å². The highest BCUT2D eigenvalue weighted by molar-refractivity contribution is 7.91. The molecule has 0 radical (unpaired) electrons. The van der Waals surface area contributed by atoms with Crippen LogP contribution in [-0.4, -0.2) is 30.6 Å². The summed E-state index contributed by atoms with van der Waals surface area (Å²) in [6, 6.07) is 10.3. The Morgan fingerprint density at radius 2 is 2.12 bits per heavy atom. The molecular weight excluding hydrogens is 370 g/mol. The van der Waals surface area contributed by atoms with Gasteiger partial charge in [0.2, 0.25) is 9.84 Å². The monoisotopic (exact) mass is 389 g/mol. The summed E-state index contributed by atoms with van der Waals surface area (Å²) in [5.41, 5.74) is 0.695. The van der Waals surface area contributed by atoms with Crippen LogP contribution in [0, 0.1) is 0 Å². The zero-order valence-corrected chi connectivity index (χ0v) is 15.8. The SMILES string of the molecule is O=S(=O)(c1cccc(Cl)c1)c1cn(CC2CCCCN2)c2ncccc12. The molecule has 1 atom stereocenters. The van der Waals surface area contributed by atoms with E-state index in [2.05, 4.69) is 10.3 Å². The lowest BCUT2D eigenvalue weighted by Crippen LogP contribution is -2.37. The molecule has 1 N–H and O–H groups in total. The zero-order chi connectivity index (χ0) is 18.1. The summed E-state index contributed by atoms with van der Waals surface area (Å²) in [5.74, 6) is 0. The first kappa shape index (κ1) is 17.5. The molecule has 136 valence electrons. The summed E-state index contributed by atoms with van der Waals surface area (Å²) in [6.07, 6.45) is 6.88. The normalized spacial score (nSPS) is 18.3. The predicted octanol–water partition coefficient (Wildman–Crippen LogP) is 3.66. The molecule has 0 bridgehead atoms. The molecule has 1 aliphatic rings. The Hall–Kier alpha value is -1.89. The lowest BCUT2D eigenvalue weighted by Gasteiger charge is -2.24. The van der Waals surface area contributed by atoms with E-state index in [1.165, 1.54) is 18.9 Å². The fourth-order valence-electron chi connectivity index (χ4n) is 3.52. The summed E-state index contributed by atoms with van der Waals surface area (Å²) >= 11 is 6.00. The molecule has 26 heavy (non-hydrogen) atoms. The Balaban J connectivity index is 1.80. The van der Waals surface area contributed by atoms with Crippen LogP contribution in [0.3, 0.4) is 0 Å². The first-order chi connectivity index (χ1) is 12.6. The first-order valence-electron chi connectivity index (χ1n) is 8.73. The summed E-state index contributed by atoms with van der Waals surface area (Å²) in [5, 5.41) is 4.55. The van der Waals surface area contributed by atoms with Crippen molar-refractivity contribution in [1.82, 2.24) is 14.9 Å². The Kier molecular flexibility index (Phi) is 4.73. The van der Waals surface area contributed by atoms with E-state index in [4.69, 9.17) is 11.6 Å². The quantitative estimate of drug-likeness (QED) is 0.739. The van der Waals surface area contributed by atoms with Crippen LogP contribution < -0.4 is 5.32 Å². The fourth-order valence-corrected chi connectivity index (χ4v) is 5.29. The molecule has 1 fully saturated rings. The van der Waals surface area contributed by atoms with E-state index in [0.717, 1.165) is 13.0 Å². The van der Waals surface area contributed by atoms with Crippen LogP contribution in [0.2, 0.25) is 5.02 Å². The largest absolute Gasteiger partial charge is 0.330 e. The number of hydrogen-bond acceptors (Lipinski definition) is 4. The Morgan fingerprint density at radius 1 is 1.23 bits per heavy atom. The van der Waals surface area contributed by atoms with Crippen LogP contribution >= 0.6 is 11.6 Å². The molecule has 0 aliphatic carbocycles. The van der Waals surface area contributed by atoms with E-state index in [9.17, 15) is 8.42 Å². The van der Waals surface area contributed by atoms with E-state index in [1.807, 2.05) is 10.6 Å². The van der Waals surface area contributed by atoms with E-state index >= 15 is 0 Å². The maximum atomic E-state index is 13.2. The van der Waals surface area contributed by atoms with Gasteiger partial charge in [-0.05, 0) is 49.7 Å².